The number of aromatic carboxylic acids is 1. The summed E-state index contributed by atoms with van der Waals surface area (Å²) in [5.41, 5.74) is 7.55. The van der Waals surface area contributed by atoms with Crippen LogP contribution in [0.3, 0.4) is 0 Å². The van der Waals surface area contributed by atoms with Crippen molar-refractivity contribution in [1.82, 2.24) is 0 Å². The van der Waals surface area contributed by atoms with Crippen molar-refractivity contribution in [2.75, 3.05) is 0 Å². The number of benzene rings is 1. The number of carbonyl (C=O) groups is 2. The largest absolute Gasteiger partial charge is 0.478 e. The van der Waals surface area contributed by atoms with E-state index in [2.05, 4.69) is 0 Å². The Morgan fingerprint density at radius 3 is 2.24 bits per heavy atom. The Morgan fingerprint density at radius 2 is 1.82 bits per heavy atom. The molecule has 3 N–H and O–H groups in total. The van der Waals surface area contributed by atoms with Gasteiger partial charge in [0.25, 0.3) is 0 Å². The van der Waals surface area contributed by atoms with Crippen molar-refractivity contribution in [3.8, 4) is 0 Å². The predicted molar refractivity (Wildman–Crippen MR) is 65.2 cm³/mol. The molecule has 1 aromatic carbocycles. The van der Waals surface area contributed by atoms with Crippen LogP contribution < -0.4 is 5.73 Å². The van der Waals surface area contributed by atoms with Crippen molar-refractivity contribution in [2.24, 2.45) is 11.7 Å². The summed E-state index contributed by atoms with van der Waals surface area (Å²) >= 11 is 0. The van der Waals surface area contributed by atoms with Crippen molar-refractivity contribution in [3.63, 3.8) is 0 Å². The van der Waals surface area contributed by atoms with Gasteiger partial charge in [0.2, 0.25) is 0 Å². The molecule has 0 heterocycles. The number of hydrogen-bond donors (Lipinski definition) is 2. The van der Waals surface area contributed by atoms with Gasteiger partial charge in [-0.25, -0.2) is 4.79 Å². The normalized spacial score (nSPS) is 10.6. The summed E-state index contributed by atoms with van der Waals surface area (Å²) in [6, 6.07) is 3.02. The minimum atomic E-state index is -0.999. The highest BCUT2D eigenvalue weighted by atomic mass is 16.4. The SMILES string of the molecule is Cc1c(C(=O)O)ccc(C(=O)C(C)C)c1CN. The molecule has 0 fully saturated rings. The van der Waals surface area contributed by atoms with Crippen LogP contribution in [0, 0.1) is 12.8 Å². The van der Waals surface area contributed by atoms with Gasteiger partial charge in [-0.15, -0.1) is 0 Å². The molecule has 0 spiro atoms. The lowest BCUT2D eigenvalue weighted by Crippen LogP contribution is -2.16. The number of rotatable bonds is 4. The molecule has 4 nitrogen and oxygen atoms in total. The Kier molecular flexibility index (Phi) is 4.02. The zero-order valence-electron chi connectivity index (χ0n) is 10.3. The summed E-state index contributed by atoms with van der Waals surface area (Å²) in [6.45, 7) is 5.47. The Labute approximate surface area is 100 Å². The number of nitrogens with two attached hydrogens (primary N) is 1. The number of carboxylic acids is 1. The van der Waals surface area contributed by atoms with Crippen molar-refractivity contribution >= 4 is 11.8 Å². The molecule has 0 atom stereocenters. The lowest BCUT2D eigenvalue weighted by molar-refractivity contribution is 0.0695. The first-order valence-electron chi connectivity index (χ1n) is 5.50. The monoisotopic (exact) mass is 235 g/mol. The fourth-order valence-electron chi connectivity index (χ4n) is 1.79. The van der Waals surface area contributed by atoms with Crippen LogP contribution in [0.2, 0.25) is 0 Å². The third-order valence-corrected chi connectivity index (χ3v) is 2.82. The third kappa shape index (κ3) is 2.53. The van der Waals surface area contributed by atoms with Gasteiger partial charge < -0.3 is 10.8 Å². The Morgan fingerprint density at radius 1 is 1.29 bits per heavy atom. The van der Waals surface area contributed by atoms with Gasteiger partial charge in [0, 0.05) is 18.0 Å². The lowest BCUT2D eigenvalue weighted by Gasteiger charge is -2.14. The molecule has 0 aliphatic heterocycles. The molecule has 0 amide bonds. The smallest absolute Gasteiger partial charge is 0.335 e. The Hall–Kier alpha value is -1.68. The molecule has 0 unspecified atom stereocenters. The molecule has 1 aromatic rings. The molecular weight excluding hydrogens is 218 g/mol. The van der Waals surface area contributed by atoms with Crippen LogP contribution in [0.5, 0.6) is 0 Å². The maximum atomic E-state index is 12.0. The van der Waals surface area contributed by atoms with Crippen LogP contribution in [0.4, 0.5) is 0 Å². The molecule has 92 valence electrons. The van der Waals surface area contributed by atoms with Gasteiger partial charge in [0.15, 0.2) is 5.78 Å². The molecule has 17 heavy (non-hydrogen) atoms. The molecule has 0 aromatic heterocycles. The standard InChI is InChI=1S/C13H17NO3/c1-7(2)12(15)10-5-4-9(13(16)17)8(3)11(10)6-14/h4-5,7H,6,14H2,1-3H3,(H,16,17). The van der Waals surface area contributed by atoms with Gasteiger partial charge in [0.1, 0.15) is 0 Å². The second-order valence-electron chi connectivity index (χ2n) is 4.29. The average molecular weight is 235 g/mol. The van der Waals surface area contributed by atoms with Crippen molar-refractivity contribution in [3.05, 3.63) is 34.4 Å². The van der Waals surface area contributed by atoms with E-state index in [9.17, 15) is 9.59 Å². The van der Waals surface area contributed by atoms with E-state index < -0.39 is 5.97 Å². The second kappa shape index (κ2) is 5.10. The van der Waals surface area contributed by atoms with Crippen LogP contribution in [0.1, 0.15) is 45.7 Å². The maximum absolute atomic E-state index is 12.0. The number of Topliss-reactive ketones (excluding diaryl/α,β-unsaturated/α-hetero) is 1. The van der Waals surface area contributed by atoms with E-state index in [0.29, 0.717) is 16.7 Å². The van der Waals surface area contributed by atoms with Gasteiger partial charge >= 0.3 is 5.97 Å². The van der Waals surface area contributed by atoms with E-state index in [1.54, 1.807) is 13.0 Å². The van der Waals surface area contributed by atoms with E-state index in [4.69, 9.17) is 10.8 Å². The maximum Gasteiger partial charge on any atom is 0.335 e. The van der Waals surface area contributed by atoms with Crippen molar-refractivity contribution < 1.29 is 14.7 Å². The van der Waals surface area contributed by atoms with Crippen LogP contribution in [-0.2, 0) is 6.54 Å². The molecule has 0 saturated carbocycles. The molecule has 0 aliphatic rings. The third-order valence-electron chi connectivity index (χ3n) is 2.82. The molecule has 1 rings (SSSR count). The van der Waals surface area contributed by atoms with Crippen LogP contribution in [0.25, 0.3) is 0 Å². The van der Waals surface area contributed by atoms with Gasteiger partial charge in [0.05, 0.1) is 5.56 Å². The first-order valence-corrected chi connectivity index (χ1v) is 5.50. The fraction of sp³-hybridized carbons (Fsp3) is 0.385. The second-order valence-corrected chi connectivity index (χ2v) is 4.29. The van der Waals surface area contributed by atoms with E-state index in [0.717, 1.165) is 0 Å². The first-order chi connectivity index (χ1) is 7.90. The fourth-order valence-corrected chi connectivity index (χ4v) is 1.79. The van der Waals surface area contributed by atoms with Crippen LogP contribution in [-0.4, -0.2) is 16.9 Å². The summed E-state index contributed by atoms with van der Waals surface area (Å²) in [7, 11) is 0. The molecule has 0 saturated heterocycles. The van der Waals surface area contributed by atoms with Gasteiger partial charge in [-0.05, 0) is 24.1 Å². The Bertz CT molecular complexity index is 464. The van der Waals surface area contributed by atoms with E-state index in [1.165, 1.54) is 6.07 Å². The summed E-state index contributed by atoms with van der Waals surface area (Å²) < 4.78 is 0. The Balaban J connectivity index is 3.41. The number of hydrogen-bond acceptors (Lipinski definition) is 3. The van der Waals surface area contributed by atoms with Crippen molar-refractivity contribution in [1.29, 1.82) is 0 Å². The zero-order chi connectivity index (χ0) is 13.2. The predicted octanol–water partition coefficient (Wildman–Crippen LogP) is 1.99. The average Bonchev–Trinajstić information content (AvgIpc) is 2.26. The van der Waals surface area contributed by atoms with Crippen LogP contribution >= 0.6 is 0 Å². The van der Waals surface area contributed by atoms with Crippen molar-refractivity contribution in [2.45, 2.75) is 27.3 Å². The minimum Gasteiger partial charge on any atom is -0.478 e. The highest BCUT2D eigenvalue weighted by Crippen LogP contribution is 2.21. The number of carbonyl (C=O) groups excluding carboxylic acids is 1. The van der Waals surface area contributed by atoms with E-state index >= 15 is 0 Å². The number of carboxylic acid groups (broad SMARTS) is 1. The highest BCUT2D eigenvalue weighted by Gasteiger charge is 2.19. The first kappa shape index (κ1) is 13.4. The van der Waals surface area contributed by atoms with Gasteiger partial charge in [-0.1, -0.05) is 19.9 Å². The summed E-state index contributed by atoms with van der Waals surface area (Å²) in [5.74, 6) is -1.14. The van der Waals surface area contributed by atoms with E-state index in [1.807, 2.05) is 13.8 Å². The molecule has 0 aliphatic carbocycles. The summed E-state index contributed by atoms with van der Waals surface area (Å²) in [6.07, 6.45) is 0. The van der Waals surface area contributed by atoms with Gasteiger partial charge in [-0.2, -0.15) is 0 Å². The minimum absolute atomic E-state index is 0.00881. The molecular formula is C13H17NO3. The van der Waals surface area contributed by atoms with E-state index in [-0.39, 0.29) is 23.8 Å². The number of ketones is 1. The lowest BCUT2D eigenvalue weighted by atomic mass is 9.91. The highest BCUT2D eigenvalue weighted by molar-refractivity contribution is 6.00. The van der Waals surface area contributed by atoms with Gasteiger partial charge in [-0.3, -0.25) is 4.79 Å². The molecule has 0 bridgehead atoms. The molecule has 0 radical (unpaired) electrons. The quantitative estimate of drug-likeness (QED) is 0.782. The zero-order valence-corrected chi connectivity index (χ0v) is 10.3. The van der Waals surface area contributed by atoms with Crippen LogP contribution in [0.15, 0.2) is 12.1 Å². The summed E-state index contributed by atoms with van der Waals surface area (Å²) in [4.78, 5) is 22.9. The molecule has 4 heteroatoms. The topological polar surface area (TPSA) is 80.4 Å². The summed E-state index contributed by atoms with van der Waals surface area (Å²) in [5, 5.41) is 9.00.